The SMILES string of the molecule is CCc1nc(-c2ccccc2)c(C)c(-c2ccc(F)cc2)c1C#CP(=O)(C[C@@H](O)CC(=O)O)OC. The quantitative estimate of drug-likeness (QED) is 0.317. The van der Waals surface area contributed by atoms with Crippen LogP contribution in [0.5, 0.6) is 0 Å². The number of pyridine rings is 1. The van der Waals surface area contributed by atoms with E-state index < -0.39 is 32.0 Å². The lowest BCUT2D eigenvalue weighted by Gasteiger charge is -2.18. The number of benzene rings is 2. The van der Waals surface area contributed by atoms with Crippen LogP contribution in [0.4, 0.5) is 4.39 Å². The number of aliphatic carboxylic acids is 1. The van der Waals surface area contributed by atoms with Crippen molar-refractivity contribution in [2.24, 2.45) is 0 Å². The van der Waals surface area contributed by atoms with Crippen LogP contribution < -0.4 is 0 Å². The van der Waals surface area contributed by atoms with Gasteiger partial charge in [-0.25, -0.2) is 4.39 Å². The molecule has 35 heavy (non-hydrogen) atoms. The number of aromatic nitrogens is 1. The highest BCUT2D eigenvalue weighted by Gasteiger charge is 2.26. The van der Waals surface area contributed by atoms with Gasteiger partial charge in [0.15, 0.2) is 0 Å². The molecule has 2 N–H and O–H groups in total. The molecule has 0 radical (unpaired) electrons. The van der Waals surface area contributed by atoms with Crippen molar-refractivity contribution >= 4 is 13.3 Å². The molecular weight excluding hydrogens is 468 g/mol. The second-order valence-electron chi connectivity index (χ2n) is 8.04. The molecule has 0 aliphatic heterocycles. The van der Waals surface area contributed by atoms with Gasteiger partial charge < -0.3 is 14.7 Å². The first-order chi connectivity index (χ1) is 16.7. The first-order valence-corrected chi connectivity index (χ1v) is 12.9. The third-order valence-electron chi connectivity index (χ3n) is 5.54. The average Bonchev–Trinajstić information content (AvgIpc) is 2.83. The summed E-state index contributed by atoms with van der Waals surface area (Å²) in [6.45, 7) is 3.84. The van der Waals surface area contributed by atoms with Crippen molar-refractivity contribution in [3.8, 4) is 34.0 Å². The maximum absolute atomic E-state index is 13.7. The first-order valence-electron chi connectivity index (χ1n) is 11.1. The van der Waals surface area contributed by atoms with E-state index in [2.05, 4.69) is 11.6 Å². The van der Waals surface area contributed by atoms with Gasteiger partial charge in [-0.1, -0.05) is 55.3 Å². The van der Waals surface area contributed by atoms with Gasteiger partial charge in [0.05, 0.1) is 35.6 Å². The molecule has 2 atom stereocenters. The minimum absolute atomic E-state index is 0.372. The lowest BCUT2D eigenvalue weighted by atomic mass is 9.91. The Hall–Kier alpha value is -3.30. The molecule has 1 unspecified atom stereocenters. The van der Waals surface area contributed by atoms with Gasteiger partial charge in [0, 0.05) is 18.2 Å². The van der Waals surface area contributed by atoms with E-state index in [1.807, 2.05) is 44.2 Å². The van der Waals surface area contributed by atoms with Gasteiger partial charge in [0.2, 0.25) is 0 Å². The van der Waals surface area contributed by atoms with Gasteiger partial charge >= 0.3 is 5.97 Å². The number of aliphatic hydroxyl groups is 1. The van der Waals surface area contributed by atoms with Crippen LogP contribution in [0.3, 0.4) is 0 Å². The summed E-state index contributed by atoms with van der Waals surface area (Å²) < 4.78 is 32.0. The Balaban J connectivity index is 2.23. The fourth-order valence-corrected chi connectivity index (χ4v) is 5.12. The van der Waals surface area contributed by atoms with E-state index in [1.54, 1.807) is 12.1 Å². The van der Waals surface area contributed by atoms with Crippen molar-refractivity contribution in [3.05, 3.63) is 77.2 Å². The number of nitrogens with zero attached hydrogens (tertiary/aromatic N) is 1. The molecule has 0 bridgehead atoms. The molecule has 0 saturated carbocycles. The highest BCUT2D eigenvalue weighted by molar-refractivity contribution is 7.64. The molecule has 0 spiro atoms. The molecule has 6 nitrogen and oxygen atoms in total. The number of aryl methyl sites for hydroxylation is 1. The minimum atomic E-state index is -3.67. The Kier molecular flexibility index (Phi) is 8.58. The van der Waals surface area contributed by atoms with E-state index in [4.69, 9.17) is 14.6 Å². The van der Waals surface area contributed by atoms with Crippen LogP contribution >= 0.6 is 7.37 Å². The highest BCUT2D eigenvalue weighted by atomic mass is 31.2. The Labute approximate surface area is 204 Å². The molecule has 0 saturated heterocycles. The smallest absolute Gasteiger partial charge is 0.305 e. The van der Waals surface area contributed by atoms with Crippen LogP contribution in [0.1, 0.15) is 30.2 Å². The molecule has 2 aromatic carbocycles. The summed E-state index contributed by atoms with van der Waals surface area (Å²) in [7, 11) is -2.46. The van der Waals surface area contributed by atoms with Crippen LogP contribution in [0.2, 0.25) is 0 Å². The molecular formula is C27H27FNO5P. The lowest BCUT2D eigenvalue weighted by Crippen LogP contribution is -2.17. The summed E-state index contributed by atoms with van der Waals surface area (Å²) in [6, 6.07) is 15.7. The summed E-state index contributed by atoms with van der Waals surface area (Å²) in [5, 5.41) is 18.9. The van der Waals surface area contributed by atoms with E-state index in [1.165, 1.54) is 19.2 Å². The van der Waals surface area contributed by atoms with Crippen molar-refractivity contribution in [1.29, 1.82) is 0 Å². The topological polar surface area (TPSA) is 96.7 Å². The van der Waals surface area contributed by atoms with Gasteiger partial charge in [-0.3, -0.25) is 14.3 Å². The molecule has 0 aliphatic carbocycles. The van der Waals surface area contributed by atoms with Gasteiger partial charge in [-0.05, 0) is 42.3 Å². The molecule has 0 aliphatic rings. The van der Waals surface area contributed by atoms with E-state index in [0.717, 1.165) is 27.9 Å². The van der Waals surface area contributed by atoms with Gasteiger partial charge in [0.1, 0.15) is 5.82 Å². The van der Waals surface area contributed by atoms with Gasteiger partial charge in [-0.2, -0.15) is 0 Å². The predicted octanol–water partition coefficient (Wildman–Crippen LogP) is 5.49. The Morgan fingerprint density at radius 1 is 1.14 bits per heavy atom. The summed E-state index contributed by atoms with van der Waals surface area (Å²) in [6.07, 6.45) is -1.82. The second-order valence-corrected chi connectivity index (χ2v) is 10.3. The zero-order chi connectivity index (χ0) is 25.6. The van der Waals surface area contributed by atoms with Crippen molar-refractivity contribution in [1.82, 2.24) is 4.98 Å². The standard InChI is InChI=1S/C27H27FNO5P/c1-4-24-23(14-15-35(33,34-3)17-22(30)16-25(31)32)26(19-10-12-21(28)13-11-19)18(2)27(29-24)20-8-6-5-7-9-20/h5-13,22,30H,4,16-17H2,1-3H3,(H,31,32)/t22-,35?/m0/s1. The molecule has 0 amide bonds. The monoisotopic (exact) mass is 495 g/mol. The molecule has 1 aromatic heterocycles. The largest absolute Gasteiger partial charge is 0.481 e. The Morgan fingerprint density at radius 3 is 2.37 bits per heavy atom. The van der Waals surface area contributed by atoms with E-state index in [0.29, 0.717) is 17.7 Å². The number of carbonyl (C=O) groups is 1. The Bertz CT molecular complexity index is 1310. The van der Waals surface area contributed by atoms with Crippen LogP contribution in [0.15, 0.2) is 54.6 Å². The number of halogens is 1. The number of rotatable bonds is 8. The number of aliphatic hydroxyl groups excluding tert-OH is 1. The molecule has 1 heterocycles. The first kappa shape index (κ1) is 26.3. The fraction of sp³-hybridized carbons (Fsp3) is 0.259. The predicted molar refractivity (Wildman–Crippen MR) is 134 cm³/mol. The minimum Gasteiger partial charge on any atom is -0.481 e. The third-order valence-corrected chi connectivity index (χ3v) is 7.48. The number of hydrogen-bond acceptors (Lipinski definition) is 5. The maximum Gasteiger partial charge on any atom is 0.305 e. The number of carboxylic acid groups (broad SMARTS) is 1. The molecule has 3 aromatic rings. The molecule has 182 valence electrons. The zero-order valence-electron chi connectivity index (χ0n) is 19.8. The molecule has 3 rings (SSSR count). The van der Waals surface area contributed by atoms with Gasteiger partial charge in [-0.15, -0.1) is 0 Å². The average molecular weight is 495 g/mol. The summed E-state index contributed by atoms with van der Waals surface area (Å²) in [5.41, 5.74) is 7.82. The van der Waals surface area contributed by atoms with E-state index >= 15 is 0 Å². The van der Waals surface area contributed by atoms with Crippen LogP contribution in [0, 0.1) is 24.3 Å². The number of hydrogen-bond donors (Lipinski definition) is 2. The highest BCUT2D eigenvalue weighted by Crippen LogP contribution is 2.46. The van der Waals surface area contributed by atoms with Gasteiger partial charge in [0.25, 0.3) is 7.37 Å². The number of carboxylic acids is 1. The second kappa shape index (κ2) is 11.4. The van der Waals surface area contributed by atoms with E-state index in [9.17, 15) is 18.9 Å². The van der Waals surface area contributed by atoms with E-state index in [-0.39, 0.29) is 5.82 Å². The van der Waals surface area contributed by atoms with Crippen molar-refractivity contribution < 1.29 is 28.5 Å². The normalized spacial score (nSPS) is 13.4. The van der Waals surface area contributed by atoms with Crippen LogP contribution in [0.25, 0.3) is 22.4 Å². The summed E-state index contributed by atoms with van der Waals surface area (Å²) in [5.74, 6) is 1.38. The Morgan fingerprint density at radius 2 is 1.80 bits per heavy atom. The van der Waals surface area contributed by atoms with Crippen LogP contribution in [-0.2, 0) is 20.3 Å². The van der Waals surface area contributed by atoms with Crippen molar-refractivity contribution in [2.45, 2.75) is 32.8 Å². The summed E-state index contributed by atoms with van der Waals surface area (Å²) in [4.78, 5) is 15.8. The maximum atomic E-state index is 13.7. The van der Waals surface area contributed by atoms with Crippen molar-refractivity contribution in [3.63, 3.8) is 0 Å². The van der Waals surface area contributed by atoms with Crippen molar-refractivity contribution in [2.75, 3.05) is 13.3 Å². The van der Waals surface area contributed by atoms with Crippen LogP contribution in [-0.4, -0.2) is 40.5 Å². The molecule has 8 heteroatoms. The fourth-order valence-electron chi connectivity index (χ4n) is 3.82. The lowest BCUT2D eigenvalue weighted by molar-refractivity contribution is -0.138. The zero-order valence-corrected chi connectivity index (χ0v) is 20.7. The summed E-state index contributed by atoms with van der Waals surface area (Å²) >= 11 is 0. The third kappa shape index (κ3) is 6.43. The molecule has 0 fully saturated rings.